The van der Waals surface area contributed by atoms with Gasteiger partial charge in [0.1, 0.15) is 23.0 Å². The first kappa shape index (κ1) is 16.0. The second-order valence-electron chi connectivity index (χ2n) is 4.45. The predicted octanol–water partition coefficient (Wildman–Crippen LogP) is 2.47. The number of nitrogens with zero attached hydrogens (tertiary/aromatic N) is 2. The lowest BCUT2D eigenvalue weighted by Gasteiger charge is -2.11. The van der Waals surface area contributed by atoms with Crippen LogP contribution in [0.25, 0.3) is 0 Å². The van der Waals surface area contributed by atoms with E-state index in [2.05, 4.69) is 20.0 Å². The Bertz CT molecular complexity index is 647. The zero-order valence-corrected chi connectivity index (χ0v) is 13.1. The van der Waals surface area contributed by atoms with Gasteiger partial charge in [0.25, 0.3) is 0 Å². The Labute approximate surface area is 133 Å². The van der Waals surface area contributed by atoms with E-state index in [9.17, 15) is 4.79 Å². The van der Waals surface area contributed by atoms with E-state index in [4.69, 9.17) is 16.3 Å². The molecular formula is C15H16ClN3O3. The Hall–Kier alpha value is -2.34. The molecule has 0 saturated carbocycles. The van der Waals surface area contributed by atoms with Crippen LogP contribution in [0, 0.1) is 0 Å². The highest BCUT2D eigenvalue weighted by molar-refractivity contribution is 6.30. The Morgan fingerprint density at radius 1 is 1.23 bits per heavy atom. The van der Waals surface area contributed by atoms with Crippen LogP contribution in [0.15, 0.2) is 30.6 Å². The lowest BCUT2D eigenvalue weighted by atomic mass is 10.2. The summed E-state index contributed by atoms with van der Waals surface area (Å²) in [6, 6.07) is 7.63. The van der Waals surface area contributed by atoms with Crippen LogP contribution < -0.4 is 10.1 Å². The quantitative estimate of drug-likeness (QED) is 0.651. The van der Waals surface area contributed by atoms with Crippen molar-refractivity contribution in [3.05, 3.63) is 46.9 Å². The van der Waals surface area contributed by atoms with Crippen molar-refractivity contribution in [1.29, 1.82) is 0 Å². The minimum Gasteiger partial charge on any atom is -0.497 e. The summed E-state index contributed by atoms with van der Waals surface area (Å²) in [6.45, 7) is 0.533. The van der Waals surface area contributed by atoms with Crippen molar-refractivity contribution >= 4 is 23.4 Å². The van der Waals surface area contributed by atoms with E-state index in [1.54, 1.807) is 7.11 Å². The van der Waals surface area contributed by atoms with Crippen molar-refractivity contribution in [1.82, 2.24) is 9.97 Å². The van der Waals surface area contributed by atoms with Crippen LogP contribution in [0.4, 0.5) is 5.82 Å². The summed E-state index contributed by atoms with van der Waals surface area (Å²) in [7, 11) is 2.94. The number of aromatic nitrogens is 2. The van der Waals surface area contributed by atoms with Gasteiger partial charge < -0.3 is 14.8 Å². The first-order chi connectivity index (χ1) is 10.6. The molecule has 0 aliphatic rings. The van der Waals surface area contributed by atoms with Gasteiger partial charge in [0.05, 0.1) is 20.6 Å². The highest BCUT2D eigenvalue weighted by Crippen LogP contribution is 2.21. The van der Waals surface area contributed by atoms with Crippen molar-refractivity contribution < 1.29 is 14.3 Å². The number of rotatable bonds is 6. The van der Waals surface area contributed by atoms with E-state index >= 15 is 0 Å². The summed E-state index contributed by atoms with van der Waals surface area (Å²) < 4.78 is 9.77. The van der Waals surface area contributed by atoms with Gasteiger partial charge in [-0.15, -0.1) is 0 Å². The number of anilines is 1. The molecule has 0 bridgehead atoms. The molecule has 0 aliphatic carbocycles. The molecule has 1 heterocycles. The molecule has 116 valence electrons. The van der Waals surface area contributed by atoms with Crippen molar-refractivity contribution in [2.24, 2.45) is 0 Å². The molecule has 7 heteroatoms. The van der Waals surface area contributed by atoms with E-state index in [0.29, 0.717) is 17.9 Å². The molecule has 0 atom stereocenters. The Kier molecular flexibility index (Phi) is 5.55. The van der Waals surface area contributed by atoms with E-state index < -0.39 is 5.97 Å². The molecule has 0 amide bonds. The standard InChI is InChI=1S/C15H16ClN3O3/c1-21-11-5-3-10(4-6-11)8-17-15-12(7-13(20)22-2)14(16)18-9-19-15/h3-6,9H,7-8H2,1-2H3,(H,17,18,19). The topological polar surface area (TPSA) is 73.3 Å². The lowest BCUT2D eigenvalue weighted by Crippen LogP contribution is -2.11. The summed E-state index contributed by atoms with van der Waals surface area (Å²) in [6.07, 6.45) is 1.36. The molecular weight excluding hydrogens is 306 g/mol. The van der Waals surface area contributed by atoms with Crippen LogP contribution in [0.1, 0.15) is 11.1 Å². The summed E-state index contributed by atoms with van der Waals surface area (Å²) in [5.41, 5.74) is 1.56. The highest BCUT2D eigenvalue weighted by Gasteiger charge is 2.14. The molecule has 22 heavy (non-hydrogen) atoms. The van der Waals surface area contributed by atoms with Gasteiger partial charge in [-0.25, -0.2) is 9.97 Å². The molecule has 0 spiro atoms. The Balaban J connectivity index is 2.11. The predicted molar refractivity (Wildman–Crippen MR) is 83.1 cm³/mol. The maximum absolute atomic E-state index is 11.5. The fourth-order valence-electron chi connectivity index (χ4n) is 1.85. The van der Waals surface area contributed by atoms with Crippen molar-refractivity contribution in [2.45, 2.75) is 13.0 Å². The highest BCUT2D eigenvalue weighted by atomic mass is 35.5. The molecule has 0 saturated heterocycles. The third-order valence-electron chi connectivity index (χ3n) is 3.06. The SMILES string of the molecule is COC(=O)Cc1c(Cl)ncnc1NCc1ccc(OC)cc1. The van der Waals surface area contributed by atoms with Gasteiger partial charge in [-0.1, -0.05) is 23.7 Å². The molecule has 6 nitrogen and oxygen atoms in total. The number of hydrogen-bond donors (Lipinski definition) is 1. The van der Waals surface area contributed by atoms with Gasteiger partial charge in [-0.05, 0) is 17.7 Å². The fraction of sp³-hybridized carbons (Fsp3) is 0.267. The molecule has 0 radical (unpaired) electrons. The van der Waals surface area contributed by atoms with Crippen LogP contribution in [0.5, 0.6) is 5.75 Å². The van der Waals surface area contributed by atoms with Crippen molar-refractivity contribution in [2.75, 3.05) is 19.5 Å². The Morgan fingerprint density at radius 2 is 1.95 bits per heavy atom. The summed E-state index contributed by atoms with van der Waals surface area (Å²) in [5, 5.41) is 3.39. The maximum atomic E-state index is 11.5. The smallest absolute Gasteiger partial charge is 0.310 e. The minimum atomic E-state index is -0.399. The van der Waals surface area contributed by atoms with Gasteiger partial charge in [0.15, 0.2) is 0 Å². The van der Waals surface area contributed by atoms with Crippen molar-refractivity contribution in [3.63, 3.8) is 0 Å². The largest absolute Gasteiger partial charge is 0.497 e. The molecule has 2 aromatic rings. The average molecular weight is 322 g/mol. The number of methoxy groups -OCH3 is 2. The molecule has 0 aliphatic heterocycles. The lowest BCUT2D eigenvalue weighted by molar-refractivity contribution is -0.139. The van der Waals surface area contributed by atoms with Crippen LogP contribution in [0.3, 0.4) is 0 Å². The van der Waals surface area contributed by atoms with Gasteiger partial charge in [-0.3, -0.25) is 4.79 Å². The monoisotopic (exact) mass is 321 g/mol. The zero-order chi connectivity index (χ0) is 15.9. The minimum absolute atomic E-state index is 0.0150. The number of hydrogen-bond acceptors (Lipinski definition) is 6. The normalized spacial score (nSPS) is 10.1. The average Bonchev–Trinajstić information content (AvgIpc) is 2.55. The Morgan fingerprint density at radius 3 is 2.59 bits per heavy atom. The van der Waals surface area contributed by atoms with Crippen LogP contribution in [-0.2, 0) is 22.5 Å². The van der Waals surface area contributed by atoms with E-state index in [-0.39, 0.29) is 11.6 Å². The van der Waals surface area contributed by atoms with Crippen LogP contribution in [0.2, 0.25) is 5.15 Å². The van der Waals surface area contributed by atoms with Crippen molar-refractivity contribution in [3.8, 4) is 5.75 Å². The summed E-state index contributed by atoms with van der Waals surface area (Å²) >= 11 is 6.04. The number of benzene rings is 1. The van der Waals surface area contributed by atoms with E-state index in [1.807, 2.05) is 24.3 Å². The van der Waals surface area contributed by atoms with E-state index in [1.165, 1.54) is 13.4 Å². The third kappa shape index (κ3) is 4.08. The number of ether oxygens (including phenoxy) is 2. The van der Waals surface area contributed by atoms with Crippen LogP contribution >= 0.6 is 11.6 Å². The second kappa shape index (κ2) is 7.61. The van der Waals surface area contributed by atoms with Gasteiger partial charge in [0.2, 0.25) is 0 Å². The molecule has 1 aromatic heterocycles. The molecule has 0 fully saturated rings. The fourth-order valence-corrected chi connectivity index (χ4v) is 2.05. The zero-order valence-electron chi connectivity index (χ0n) is 12.3. The first-order valence-corrected chi connectivity index (χ1v) is 6.95. The molecule has 0 unspecified atom stereocenters. The summed E-state index contributed by atoms with van der Waals surface area (Å²) in [5.74, 6) is 0.908. The molecule has 1 aromatic carbocycles. The molecule has 2 rings (SSSR count). The number of nitrogens with one attached hydrogen (secondary N) is 1. The van der Waals surface area contributed by atoms with Crippen LogP contribution in [-0.4, -0.2) is 30.2 Å². The first-order valence-electron chi connectivity index (χ1n) is 6.57. The van der Waals surface area contributed by atoms with Gasteiger partial charge >= 0.3 is 5.97 Å². The second-order valence-corrected chi connectivity index (χ2v) is 4.80. The number of halogens is 1. The maximum Gasteiger partial charge on any atom is 0.310 e. The third-order valence-corrected chi connectivity index (χ3v) is 3.39. The van der Waals surface area contributed by atoms with Gasteiger partial charge in [-0.2, -0.15) is 0 Å². The number of carbonyl (C=O) groups is 1. The van der Waals surface area contributed by atoms with E-state index in [0.717, 1.165) is 11.3 Å². The summed E-state index contributed by atoms with van der Waals surface area (Å²) in [4.78, 5) is 19.5. The molecule has 1 N–H and O–H groups in total. The number of carbonyl (C=O) groups excluding carboxylic acids is 1. The van der Waals surface area contributed by atoms with Gasteiger partial charge in [0, 0.05) is 12.1 Å². The number of esters is 1.